The molecule has 2 heterocycles. The SMILES string of the molecule is CC1CCCCN1Cc1ccc(CNC(=O)CN2C(=O)COc3cc(Br)ccc32)cc1. The Labute approximate surface area is 191 Å². The highest BCUT2D eigenvalue weighted by molar-refractivity contribution is 9.10. The lowest BCUT2D eigenvalue weighted by Crippen LogP contribution is -2.45. The summed E-state index contributed by atoms with van der Waals surface area (Å²) >= 11 is 3.40. The smallest absolute Gasteiger partial charge is 0.265 e. The maximum Gasteiger partial charge on any atom is 0.265 e. The van der Waals surface area contributed by atoms with E-state index in [1.165, 1.54) is 36.3 Å². The maximum atomic E-state index is 12.5. The number of likely N-dealkylation sites (tertiary alicyclic amines) is 1. The Hall–Kier alpha value is -2.38. The quantitative estimate of drug-likeness (QED) is 0.674. The molecule has 0 aliphatic carbocycles. The number of hydrogen-bond donors (Lipinski definition) is 1. The predicted molar refractivity (Wildman–Crippen MR) is 124 cm³/mol. The third-order valence-corrected chi connectivity index (χ3v) is 6.50. The third kappa shape index (κ3) is 5.46. The molecule has 164 valence electrons. The van der Waals surface area contributed by atoms with Gasteiger partial charge in [-0.05, 0) is 55.6 Å². The molecule has 31 heavy (non-hydrogen) atoms. The molecule has 0 radical (unpaired) electrons. The van der Waals surface area contributed by atoms with Gasteiger partial charge in [0.25, 0.3) is 5.91 Å². The number of rotatable bonds is 6. The van der Waals surface area contributed by atoms with Gasteiger partial charge < -0.3 is 10.1 Å². The molecule has 1 N–H and O–H groups in total. The van der Waals surface area contributed by atoms with Gasteiger partial charge in [-0.25, -0.2) is 0 Å². The second-order valence-electron chi connectivity index (χ2n) is 8.29. The van der Waals surface area contributed by atoms with Gasteiger partial charge in [-0.15, -0.1) is 0 Å². The maximum absolute atomic E-state index is 12.5. The van der Waals surface area contributed by atoms with Crippen molar-refractivity contribution in [3.8, 4) is 5.75 Å². The molecule has 2 aromatic carbocycles. The zero-order chi connectivity index (χ0) is 21.8. The first-order chi connectivity index (χ1) is 15.0. The monoisotopic (exact) mass is 485 g/mol. The summed E-state index contributed by atoms with van der Waals surface area (Å²) in [5.41, 5.74) is 2.96. The molecule has 1 atom stereocenters. The molecule has 4 rings (SSSR count). The van der Waals surface area contributed by atoms with Crippen molar-refractivity contribution in [3.63, 3.8) is 0 Å². The summed E-state index contributed by atoms with van der Waals surface area (Å²) in [7, 11) is 0. The average molecular weight is 486 g/mol. The number of benzene rings is 2. The topological polar surface area (TPSA) is 61.9 Å². The molecule has 0 spiro atoms. The van der Waals surface area contributed by atoms with Gasteiger partial charge in [0, 0.05) is 23.6 Å². The Morgan fingerprint density at radius 3 is 2.71 bits per heavy atom. The fraction of sp³-hybridized carbons (Fsp3) is 0.417. The van der Waals surface area contributed by atoms with Gasteiger partial charge in [0.1, 0.15) is 12.3 Å². The molecule has 1 saturated heterocycles. The molecule has 0 saturated carbocycles. The lowest BCUT2D eigenvalue weighted by atomic mass is 10.0. The van der Waals surface area contributed by atoms with Gasteiger partial charge in [-0.3, -0.25) is 19.4 Å². The van der Waals surface area contributed by atoms with Crippen molar-refractivity contribution < 1.29 is 14.3 Å². The van der Waals surface area contributed by atoms with Crippen molar-refractivity contribution in [2.24, 2.45) is 0 Å². The molecule has 1 fully saturated rings. The number of amides is 2. The molecular formula is C24H28BrN3O3. The summed E-state index contributed by atoms with van der Waals surface area (Å²) in [5, 5.41) is 2.92. The normalized spacial score (nSPS) is 19.0. The zero-order valence-corrected chi connectivity index (χ0v) is 19.4. The van der Waals surface area contributed by atoms with E-state index in [-0.39, 0.29) is 25.0 Å². The Balaban J connectivity index is 1.30. The van der Waals surface area contributed by atoms with Crippen LogP contribution in [0.1, 0.15) is 37.3 Å². The fourth-order valence-electron chi connectivity index (χ4n) is 4.14. The van der Waals surface area contributed by atoms with E-state index >= 15 is 0 Å². The van der Waals surface area contributed by atoms with E-state index in [4.69, 9.17) is 4.74 Å². The number of nitrogens with one attached hydrogen (secondary N) is 1. The van der Waals surface area contributed by atoms with Gasteiger partial charge in [0.2, 0.25) is 5.91 Å². The van der Waals surface area contributed by atoms with E-state index < -0.39 is 0 Å². The lowest BCUT2D eigenvalue weighted by Gasteiger charge is -2.33. The highest BCUT2D eigenvalue weighted by Gasteiger charge is 2.27. The Morgan fingerprint density at radius 2 is 1.94 bits per heavy atom. The van der Waals surface area contributed by atoms with Crippen LogP contribution >= 0.6 is 15.9 Å². The second kappa shape index (κ2) is 9.83. The van der Waals surface area contributed by atoms with Crippen LogP contribution in [-0.2, 0) is 22.7 Å². The van der Waals surface area contributed by atoms with Crippen LogP contribution in [0.3, 0.4) is 0 Å². The van der Waals surface area contributed by atoms with Crippen LogP contribution in [0.4, 0.5) is 5.69 Å². The number of piperidine rings is 1. The van der Waals surface area contributed by atoms with Crippen LogP contribution in [-0.4, -0.2) is 42.5 Å². The number of nitrogens with zero attached hydrogens (tertiary/aromatic N) is 2. The first-order valence-corrected chi connectivity index (χ1v) is 11.6. The minimum absolute atomic E-state index is 0.0260. The first kappa shape index (κ1) is 21.8. The highest BCUT2D eigenvalue weighted by Crippen LogP contribution is 2.34. The molecule has 2 aliphatic heterocycles. The van der Waals surface area contributed by atoms with Gasteiger partial charge in [-0.2, -0.15) is 0 Å². The Kier molecular flexibility index (Phi) is 6.92. The molecule has 0 aromatic heterocycles. The van der Waals surface area contributed by atoms with E-state index in [0.717, 1.165) is 16.6 Å². The molecule has 2 aliphatic rings. The third-order valence-electron chi connectivity index (χ3n) is 6.01. The van der Waals surface area contributed by atoms with E-state index in [1.807, 2.05) is 6.07 Å². The van der Waals surface area contributed by atoms with Crippen molar-refractivity contribution in [2.75, 3.05) is 24.6 Å². The number of carbonyl (C=O) groups is 2. The summed E-state index contributed by atoms with van der Waals surface area (Å²) < 4.78 is 6.34. The summed E-state index contributed by atoms with van der Waals surface area (Å²) in [5.74, 6) is 0.178. The lowest BCUT2D eigenvalue weighted by molar-refractivity contribution is -0.125. The number of carbonyl (C=O) groups excluding carboxylic acids is 2. The zero-order valence-electron chi connectivity index (χ0n) is 17.8. The summed E-state index contributed by atoms with van der Waals surface area (Å²) in [6.45, 7) is 4.79. The van der Waals surface area contributed by atoms with E-state index in [9.17, 15) is 9.59 Å². The van der Waals surface area contributed by atoms with Crippen molar-refractivity contribution in [1.29, 1.82) is 0 Å². The van der Waals surface area contributed by atoms with Crippen LogP contribution in [0.25, 0.3) is 0 Å². The van der Waals surface area contributed by atoms with Gasteiger partial charge >= 0.3 is 0 Å². The largest absolute Gasteiger partial charge is 0.482 e. The molecule has 0 bridgehead atoms. The number of anilines is 1. The van der Waals surface area contributed by atoms with E-state index in [1.54, 1.807) is 12.1 Å². The van der Waals surface area contributed by atoms with E-state index in [0.29, 0.717) is 24.0 Å². The van der Waals surface area contributed by atoms with Gasteiger partial charge in [0.15, 0.2) is 6.61 Å². The van der Waals surface area contributed by atoms with Crippen LogP contribution in [0.15, 0.2) is 46.9 Å². The molecule has 2 aromatic rings. The number of halogens is 1. The van der Waals surface area contributed by atoms with Gasteiger partial charge in [-0.1, -0.05) is 46.6 Å². The number of hydrogen-bond acceptors (Lipinski definition) is 4. The van der Waals surface area contributed by atoms with Crippen molar-refractivity contribution >= 4 is 33.4 Å². The van der Waals surface area contributed by atoms with Crippen molar-refractivity contribution in [2.45, 2.75) is 45.3 Å². The minimum Gasteiger partial charge on any atom is -0.482 e. The van der Waals surface area contributed by atoms with Crippen LogP contribution < -0.4 is 15.0 Å². The fourth-order valence-corrected chi connectivity index (χ4v) is 4.48. The van der Waals surface area contributed by atoms with Crippen LogP contribution in [0, 0.1) is 0 Å². The minimum atomic E-state index is -0.221. The van der Waals surface area contributed by atoms with Crippen molar-refractivity contribution in [1.82, 2.24) is 10.2 Å². The Morgan fingerprint density at radius 1 is 1.16 bits per heavy atom. The predicted octanol–water partition coefficient (Wildman–Crippen LogP) is 3.87. The number of ether oxygens (including phenoxy) is 1. The Bertz CT molecular complexity index is 948. The van der Waals surface area contributed by atoms with Crippen LogP contribution in [0.2, 0.25) is 0 Å². The summed E-state index contributed by atoms with van der Waals surface area (Å²) in [4.78, 5) is 28.8. The summed E-state index contributed by atoms with van der Waals surface area (Å²) in [6, 6.07) is 14.5. The molecule has 1 unspecified atom stereocenters. The highest BCUT2D eigenvalue weighted by atomic mass is 79.9. The average Bonchev–Trinajstić information content (AvgIpc) is 2.77. The van der Waals surface area contributed by atoms with E-state index in [2.05, 4.69) is 57.3 Å². The molecule has 6 nitrogen and oxygen atoms in total. The molecular weight excluding hydrogens is 458 g/mol. The number of fused-ring (bicyclic) bond motifs is 1. The summed E-state index contributed by atoms with van der Waals surface area (Å²) in [6.07, 6.45) is 3.88. The standard InChI is InChI=1S/C24H28BrN3O3/c1-17-4-2-3-11-27(17)14-19-7-5-18(6-8-19)13-26-23(29)15-28-21-10-9-20(25)12-22(21)31-16-24(28)30/h5-10,12,17H,2-4,11,13-16H2,1H3,(H,26,29). The van der Waals surface area contributed by atoms with Crippen molar-refractivity contribution in [3.05, 3.63) is 58.1 Å². The second-order valence-corrected chi connectivity index (χ2v) is 9.20. The van der Waals surface area contributed by atoms with Crippen LogP contribution in [0.5, 0.6) is 5.75 Å². The first-order valence-electron chi connectivity index (χ1n) is 10.8. The molecule has 7 heteroatoms. The molecule has 2 amide bonds. The van der Waals surface area contributed by atoms with Gasteiger partial charge in [0.05, 0.1) is 5.69 Å².